The van der Waals surface area contributed by atoms with Crippen LogP contribution in [0.1, 0.15) is 51.9 Å². The van der Waals surface area contributed by atoms with Gasteiger partial charge < -0.3 is 10.6 Å². The van der Waals surface area contributed by atoms with Gasteiger partial charge in [-0.2, -0.15) is 0 Å². The van der Waals surface area contributed by atoms with Crippen LogP contribution < -0.4 is 5.73 Å². The summed E-state index contributed by atoms with van der Waals surface area (Å²) in [6, 6.07) is 0.869. The van der Waals surface area contributed by atoms with E-state index in [9.17, 15) is 0 Å². The van der Waals surface area contributed by atoms with Gasteiger partial charge in [-0.3, -0.25) is 4.90 Å². The third kappa shape index (κ3) is 4.73. The van der Waals surface area contributed by atoms with Gasteiger partial charge in [-0.25, -0.2) is 0 Å². The zero-order valence-electron chi connectivity index (χ0n) is 12.8. The van der Waals surface area contributed by atoms with Crippen molar-refractivity contribution in [2.24, 2.45) is 11.7 Å². The van der Waals surface area contributed by atoms with Crippen LogP contribution in [0.2, 0.25) is 0 Å². The lowest BCUT2D eigenvalue weighted by Crippen LogP contribution is -2.37. The molecular formula is C16H33N3. The molecule has 0 aromatic rings. The van der Waals surface area contributed by atoms with E-state index in [1.165, 1.54) is 77.7 Å². The predicted octanol–water partition coefficient (Wildman–Crippen LogP) is 2.31. The third-order valence-electron chi connectivity index (χ3n) is 5.13. The maximum atomic E-state index is 5.68. The molecule has 0 amide bonds. The molecule has 3 nitrogen and oxygen atoms in total. The van der Waals surface area contributed by atoms with E-state index in [0.717, 1.165) is 18.5 Å². The summed E-state index contributed by atoms with van der Waals surface area (Å²) in [5.41, 5.74) is 5.68. The number of hydrogen-bond donors (Lipinski definition) is 1. The molecule has 2 heterocycles. The van der Waals surface area contributed by atoms with Gasteiger partial charge in [0.15, 0.2) is 0 Å². The van der Waals surface area contributed by atoms with E-state index in [0.29, 0.717) is 0 Å². The van der Waals surface area contributed by atoms with Gasteiger partial charge in [0.05, 0.1) is 0 Å². The molecule has 0 spiro atoms. The number of nitrogens with two attached hydrogens (primary N) is 1. The Balaban J connectivity index is 1.67. The molecule has 2 fully saturated rings. The fraction of sp³-hybridized carbons (Fsp3) is 1.00. The third-order valence-corrected chi connectivity index (χ3v) is 5.13. The molecule has 2 N–H and O–H groups in total. The molecule has 19 heavy (non-hydrogen) atoms. The average molecular weight is 267 g/mol. The second-order valence-corrected chi connectivity index (χ2v) is 6.48. The van der Waals surface area contributed by atoms with Gasteiger partial charge in [-0.05, 0) is 77.2 Å². The Morgan fingerprint density at radius 3 is 2.79 bits per heavy atom. The highest BCUT2D eigenvalue weighted by Gasteiger charge is 2.28. The molecule has 2 atom stereocenters. The summed E-state index contributed by atoms with van der Waals surface area (Å²) in [5, 5.41) is 0. The van der Waals surface area contributed by atoms with Crippen LogP contribution in [0.5, 0.6) is 0 Å². The number of nitrogens with zero attached hydrogens (tertiary/aromatic N) is 2. The van der Waals surface area contributed by atoms with Gasteiger partial charge in [0.2, 0.25) is 0 Å². The topological polar surface area (TPSA) is 32.5 Å². The first kappa shape index (κ1) is 15.3. The van der Waals surface area contributed by atoms with E-state index in [2.05, 4.69) is 16.7 Å². The predicted molar refractivity (Wildman–Crippen MR) is 82.3 cm³/mol. The van der Waals surface area contributed by atoms with Crippen molar-refractivity contribution in [3.63, 3.8) is 0 Å². The average Bonchev–Trinajstić information content (AvgIpc) is 2.76. The SMILES string of the molecule is CCC(CCN)CCCN1CCCN2CCCC2C1. The Bertz CT molecular complexity index is 244. The van der Waals surface area contributed by atoms with Crippen molar-refractivity contribution in [3.05, 3.63) is 0 Å². The second-order valence-electron chi connectivity index (χ2n) is 6.48. The molecule has 2 aliphatic heterocycles. The molecule has 2 unspecified atom stereocenters. The first-order valence-electron chi connectivity index (χ1n) is 8.50. The van der Waals surface area contributed by atoms with Gasteiger partial charge >= 0.3 is 0 Å². The Morgan fingerprint density at radius 1 is 1.16 bits per heavy atom. The quantitative estimate of drug-likeness (QED) is 0.768. The first-order valence-corrected chi connectivity index (χ1v) is 8.50. The molecule has 0 saturated carbocycles. The molecule has 112 valence electrons. The highest BCUT2D eigenvalue weighted by atomic mass is 15.3. The highest BCUT2D eigenvalue weighted by molar-refractivity contribution is 4.84. The Hall–Kier alpha value is -0.120. The minimum absolute atomic E-state index is 0.860. The van der Waals surface area contributed by atoms with Crippen molar-refractivity contribution in [2.75, 3.05) is 39.3 Å². The summed E-state index contributed by atoms with van der Waals surface area (Å²) in [7, 11) is 0. The standard InChI is InChI=1S/C16H33N3/c1-2-15(8-9-17)6-3-10-18-11-5-13-19-12-4-7-16(19)14-18/h15-16H,2-14,17H2,1H3. The Morgan fingerprint density at radius 2 is 2.00 bits per heavy atom. The van der Waals surface area contributed by atoms with Crippen molar-refractivity contribution < 1.29 is 0 Å². The van der Waals surface area contributed by atoms with Crippen molar-refractivity contribution in [3.8, 4) is 0 Å². The van der Waals surface area contributed by atoms with E-state index in [1.54, 1.807) is 0 Å². The molecule has 0 aliphatic carbocycles. The number of rotatable bonds is 7. The monoisotopic (exact) mass is 267 g/mol. The van der Waals surface area contributed by atoms with Gasteiger partial charge in [0.25, 0.3) is 0 Å². The lowest BCUT2D eigenvalue weighted by atomic mass is 9.96. The van der Waals surface area contributed by atoms with Crippen molar-refractivity contribution in [2.45, 2.75) is 57.9 Å². The summed E-state index contributed by atoms with van der Waals surface area (Å²) < 4.78 is 0. The fourth-order valence-electron chi connectivity index (χ4n) is 3.88. The maximum Gasteiger partial charge on any atom is 0.0223 e. The molecule has 0 aromatic heterocycles. The Labute approximate surface area is 119 Å². The van der Waals surface area contributed by atoms with E-state index < -0.39 is 0 Å². The molecule has 0 aromatic carbocycles. The molecule has 2 rings (SSSR count). The van der Waals surface area contributed by atoms with E-state index in [1.807, 2.05) is 0 Å². The summed E-state index contributed by atoms with van der Waals surface area (Å²) in [6.07, 6.45) is 9.48. The van der Waals surface area contributed by atoms with E-state index in [4.69, 9.17) is 5.73 Å². The van der Waals surface area contributed by atoms with Crippen LogP contribution >= 0.6 is 0 Å². The van der Waals surface area contributed by atoms with Gasteiger partial charge in [-0.1, -0.05) is 13.3 Å². The highest BCUT2D eigenvalue weighted by Crippen LogP contribution is 2.22. The minimum Gasteiger partial charge on any atom is -0.330 e. The van der Waals surface area contributed by atoms with E-state index in [-0.39, 0.29) is 0 Å². The Kier molecular flexibility index (Phi) is 6.62. The van der Waals surface area contributed by atoms with Crippen LogP contribution in [0.15, 0.2) is 0 Å². The van der Waals surface area contributed by atoms with Crippen LogP contribution in [0, 0.1) is 5.92 Å². The van der Waals surface area contributed by atoms with Gasteiger partial charge in [0.1, 0.15) is 0 Å². The smallest absolute Gasteiger partial charge is 0.0223 e. The minimum atomic E-state index is 0.860. The number of hydrogen-bond acceptors (Lipinski definition) is 3. The van der Waals surface area contributed by atoms with Crippen molar-refractivity contribution in [1.82, 2.24) is 9.80 Å². The summed E-state index contributed by atoms with van der Waals surface area (Å²) in [6.45, 7) is 9.82. The molecular weight excluding hydrogens is 234 g/mol. The number of fused-ring (bicyclic) bond motifs is 1. The zero-order chi connectivity index (χ0) is 13.5. The molecule has 2 aliphatic rings. The lowest BCUT2D eigenvalue weighted by Gasteiger charge is -2.26. The van der Waals surface area contributed by atoms with E-state index >= 15 is 0 Å². The van der Waals surface area contributed by atoms with Crippen LogP contribution in [-0.4, -0.2) is 55.1 Å². The van der Waals surface area contributed by atoms with Crippen molar-refractivity contribution in [1.29, 1.82) is 0 Å². The van der Waals surface area contributed by atoms with Crippen LogP contribution in [-0.2, 0) is 0 Å². The van der Waals surface area contributed by atoms with Crippen LogP contribution in [0.4, 0.5) is 0 Å². The normalized spacial score (nSPS) is 27.2. The molecule has 0 bridgehead atoms. The zero-order valence-corrected chi connectivity index (χ0v) is 12.8. The largest absolute Gasteiger partial charge is 0.330 e. The van der Waals surface area contributed by atoms with Gasteiger partial charge in [0, 0.05) is 12.6 Å². The molecule has 2 saturated heterocycles. The molecule has 3 heteroatoms. The second kappa shape index (κ2) is 8.23. The van der Waals surface area contributed by atoms with Gasteiger partial charge in [-0.15, -0.1) is 0 Å². The first-order chi connectivity index (χ1) is 9.33. The lowest BCUT2D eigenvalue weighted by molar-refractivity contribution is 0.214. The van der Waals surface area contributed by atoms with Crippen LogP contribution in [0.25, 0.3) is 0 Å². The maximum absolute atomic E-state index is 5.68. The summed E-state index contributed by atoms with van der Waals surface area (Å²) >= 11 is 0. The van der Waals surface area contributed by atoms with Crippen LogP contribution in [0.3, 0.4) is 0 Å². The summed E-state index contributed by atoms with van der Waals surface area (Å²) in [5.74, 6) is 0.861. The fourth-order valence-corrected chi connectivity index (χ4v) is 3.88. The molecule has 0 radical (unpaired) electrons. The van der Waals surface area contributed by atoms with Crippen molar-refractivity contribution >= 4 is 0 Å². The summed E-state index contributed by atoms with van der Waals surface area (Å²) in [4.78, 5) is 5.45.